The molecule has 0 radical (unpaired) electrons. The summed E-state index contributed by atoms with van der Waals surface area (Å²) in [7, 11) is 0. The van der Waals surface area contributed by atoms with E-state index in [1.54, 1.807) is 17.5 Å². The molecule has 0 aliphatic carbocycles. The van der Waals surface area contributed by atoms with Gasteiger partial charge in [0.15, 0.2) is 5.13 Å². The lowest BCUT2D eigenvalue weighted by atomic mass is 10.1. The second-order valence-electron chi connectivity index (χ2n) is 7.35. The van der Waals surface area contributed by atoms with Gasteiger partial charge in [0, 0.05) is 18.0 Å². The quantitative estimate of drug-likeness (QED) is 0.399. The number of nitriles is 1. The number of hydrogen-bond acceptors (Lipinski definition) is 5. The predicted molar refractivity (Wildman–Crippen MR) is 129 cm³/mol. The van der Waals surface area contributed by atoms with Gasteiger partial charge in [-0.25, -0.2) is 4.98 Å². The molecule has 0 saturated heterocycles. The maximum absolute atomic E-state index is 12.6. The van der Waals surface area contributed by atoms with Crippen LogP contribution in [0.25, 0.3) is 6.08 Å². The first kappa shape index (κ1) is 22.9. The van der Waals surface area contributed by atoms with E-state index < -0.39 is 5.91 Å². The molecule has 0 bridgehead atoms. The lowest BCUT2D eigenvalue weighted by Gasteiger charge is -2.19. The fourth-order valence-corrected chi connectivity index (χ4v) is 3.90. The summed E-state index contributed by atoms with van der Waals surface area (Å²) in [6, 6.07) is 15.2. The predicted octanol–water partition coefficient (Wildman–Crippen LogP) is 5.55. The molecule has 0 spiro atoms. The fourth-order valence-electron chi connectivity index (χ4n) is 3.06. The summed E-state index contributed by atoms with van der Waals surface area (Å²) in [6.45, 7) is 7.53. The van der Waals surface area contributed by atoms with Gasteiger partial charge in [-0.05, 0) is 67.3 Å². The Kier molecular flexibility index (Phi) is 7.18. The lowest BCUT2D eigenvalue weighted by Crippen LogP contribution is -2.22. The van der Waals surface area contributed by atoms with Gasteiger partial charge in [0.2, 0.25) is 5.91 Å². The number of benzene rings is 2. The second-order valence-corrected chi connectivity index (χ2v) is 8.19. The first-order chi connectivity index (χ1) is 15.3. The standard InChI is InChI=1S/C25H24N4O2S/c1-5-19-7-9-21(10-8-19)27-24(31)20(14-26)13-22-15-32-25(28-22)29(18(4)30)23-11-6-16(2)17(3)12-23/h6-13,15H,5H2,1-4H3,(H,27,31)/b20-13+. The Morgan fingerprint density at radius 2 is 1.88 bits per heavy atom. The molecule has 1 aromatic heterocycles. The zero-order valence-corrected chi connectivity index (χ0v) is 19.3. The van der Waals surface area contributed by atoms with Crippen LogP contribution in [0, 0.1) is 25.2 Å². The molecule has 0 unspecified atom stereocenters. The third-order valence-corrected chi connectivity index (χ3v) is 5.89. The molecule has 0 aliphatic rings. The number of aryl methyl sites for hydroxylation is 3. The molecule has 0 atom stereocenters. The SMILES string of the molecule is CCc1ccc(NC(=O)/C(C#N)=C/c2csc(N(C(C)=O)c3ccc(C)c(C)c3)n2)cc1. The van der Waals surface area contributed by atoms with E-state index in [2.05, 4.69) is 17.2 Å². The Hall–Kier alpha value is -3.76. The summed E-state index contributed by atoms with van der Waals surface area (Å²) in [4.78, 5) is 30.9. The van der Waals surface area contributed by atoms with Crippen molar-refractivity contribution in [2.24, 2.45) is 0 Å². The highest BCUT2D eigenvalue weighted by atomic mass is 32.1. The van der Waals surface area contributed by atoms with Crippen LogP contribution in [0.1, 0.15) is 36.2 Å². The summed E-state index contributed by atoms with van der Waals surface area (Å²) in [6.07, 6.45) is 2.33. The number of amides is 2. The largest absolute Gasteiger partial charge is 0.321 e. The van der Waals surface area contributed by atoms with Crippen LogP contribution < -0.4 is 10.2 Å². The van der Waals surface area contributed by atoms with Crippen LogP contribution in [0.15, 0.2) is 53.4 Å². The van der Waals surface area contributed by atoms with Gasteiger partial charge in [-0.1, -0.05) is 25.1 Å². The molecule has 0 saturated carbocycles. The van der Waals surface area contributed by atoms with Gasteiger partial charge in [0.1, 0.15) is 11.6 Å². The Bertz CT molecular complexity index is 1220. The molecular weight excluding hydrogens is 420 g/mol. The molecular formula is C25H24N4O2S. The molecule has 0 aliphatic heterocycles. The molecule has 162 valence electrons. The zero-order valence-electron chi connectivity index (χ0n) is 18.5. The van der Waals surface area contributed by atoms with Crippen LogP contribution in [-0.2, 0) is 16.0 Å². The third-order valence-electron chi connectivity index (χ3n) is 5.04. The smallest absolute Gasteiger partial charge is 0.266 e. The van der Waals surface area contributed by atoms with Gasteiger partial charge >= 0.3 is 0 Å². The van der Waals surface area contributed by atoms with Gasteiger partial charge in [0.25, 0.3) is 5.91 Å². The van der Waals surface area contributed by atoms with Gasteiger partial charge in [-0.3, -0.25) is 14.5 Å². The van der Waals surface area contributed by atoms with Gasteiger partial charge < -0.3 is 5.32 Å². The van der Waals surface area contributed by atoms with Crippen LogP contribution in [0.3, 0.4) is 0 Å². The van der Waals surface area contributed by atoms with Crippen LogP contribution in [0.4, 0.5) is 16.5 Å². The number of thiazole rings is 1. The summed E-state index contributed by atoms with van der Waals surface area (Å²) < 4.78 is 0. The average molecular weight is 445 g/mol. The highest BCUT2D eigenvalue weighted by molar-refractivity contribution is 7.14. The monoisotopic (exact) mass is 444 g/mol. The van der Waals surface area contributed by atoms with E-state index in [9.17, 15) is 14.9 Å². The van der Waals surface area contributed by atoms with Crippen molar-refractivity contribution >= 4 is 45.7 Å². The maximum Gasteiger partial charge on any atom is 0.266 e. The van der Waals surface area contributed by atoms with E-state index in [0.29, 0.717) is 16.5 Å². The van der Waals surface area contributed by atoms with Crippen LogP contribution in [0.5, 0.6) is 0 Å². The van der Waals surface area contributed by atoms with Crippen LogP contribution in [0.2, 0.25) is 0 Å². The van der Waals surface area contributed by atoms with Gasteiger partial charge in [0.05, 0.1) is 11.4 Å². The van der Waals surface area contributed by atoms with E-state index >= 15 is 0 Å². The van der Waals surface area contributed by atoms with Gasteiger partial charge in [-0.2, -0.15) is 5.26 Å². The Morgan fingerprint density at radius 3 is 2.47 bits per heavy atom. The molecule has 6 nitrogen and oxygen atoms in total. The first-order valence-corrected chi connectivity index (χ1v) is 11.1. The molecule has 3 aromatic rings. The summed E-state index contributed by atoms with van der Waals surface area (Å²) >= 11 is 1.27. The molecule has 3 rings (SSSR count). The van der Waals surface area contributed by atoms with E-state index in [1.165, 1.54) is 29.2 Å². The Morgan fingerprint density at radius 1 is 1.16 bits per heavy atom. The molecule has 32 heavy (non-hydrogen) atoms. The molecule has 2 aromatic carbocycles. The van der Waals surface area contributed by atoms with Crippen molar-refractivity contribution in [3.8, 4) is 6.07 Å². The minimum Gasteiger partial charge on any atom is -0.321 e. The highest BCUT2D eigenvalue weighted by Crippen LogP contribution is 2.30. The van der Waals surface area contributed by atoms with Gasteiger partial charge in [-0.15, -0.1) is 11.3 Å². The zero-order chi connectivity index (χ0) is 23.3. The van der Waals surface area contributed by atoms with E-state index in [-0.39, 0.29) is 11.5 Å². The average Bonchev–Trinajstić information content (AvgIpc) is 3.22. The van der Waals surface area contributed by atoms with Crippen molar-refractivity contribution in [3.63, 3.8) is 0 Å². The molecule has 1 N–H and O–H groups in total. The summed E-state index contributed by atoms with van der Waals surface area (Å²) in [5.41, 5.74) is 5.07. The number of hydrogen-bond donors (Lipinski definition) is 1. The van der Waals surface area contributed by atoms with Crippen molar-refractivity contribution < 1.29 is 9.59 Å². The number of anilines is 3. The lowest BCUT2D eigenvalue weighted by molar-refractivity contribution is -0.116. The number of aromatic nitrogens is 1. The van der Waals surface area contributed by atoms with Crippen molar-refractivity contribution in [1.82, 2.24) is 4.98 Å². The number of rotatable bonds is 6. The van der Waals surface area contributed by atoms with E-state index in [0.717, 1.165) is 28.8 Å². The first-order valence-electron chi connectivity index (χ1n) is 10.2. The topological polar surface area (TPSA) is 86.1 Å². The third kappa shape index (κ3) is 5.29. The molecule has 7 heteroatoms. The molecule has 2 amide bonds. The normalized spacial score (nSPS) is 11.0. The Labute approximate surface area is 191 Å². The van der Waals surface area contributed by atoms with Crippen LogP contribution >= 0.6 is 11.3 Å². The van der Waals surface area contributed by atoms with Crippen molar-refractivity contribution in [3.05, 3.63) is 75.8 Å². The minimum absolute atomic E-state index is 0.0676. The summed E-state index contributed by atoms with van der Waals surface area (Å²) in [5, 5.41) is 14.4. The number of carbonyl (C=O) groups is 2. The van der Waals surface area contributed by atoms with Crippen LogP contribution in [-0.4, -0.2) is 16.8 Å². The second kappa shape index (κ2) is 10.0. The Balaban J connectivity index is 1.84. The fraction of sp³-hybridized carbons (Fsp3) is 0.200. The van der Waals surface area contributed by atoms with Crippen molar-refractivity contribution in [2.45, 2.75) is 34.1 Å². The number of nitrogens with one attached hydrogen (secondary N) is 1. The van der Waals surface area contributed by atoms with Crippen molar-refractivity contribution in [1.29, 1.82) is 5.26 Å². The number of nitrogens with zero attached hydrogens (tertiary/aromatic N) is 3. The number of carbonyl (C=O) groups excluding carboxylic acids is 2. The van der Waals surface area contributed by atoms with E-state index in [1.807, 2.05) is 50.2 Å². The molecule has 0 fully saturated rings. The highest BCUT2D eigenvalue weighted by Gasteiger charge is 2.19. The maximum atomic E-state index is 12.6. The van der Waals surface area contributed by atoms with Crippen molar-refractivity contribution in [2.75, 3.05) is 10.2 Å². The van der Waals surface area contributed by atoms with E-state index in [4.69, 9.17) is 0 Å². The molecule has 1 heterocycles. The summed E-state index contributed by atoms with van der Waals surface area (Å²) in [5.74, 6) is -0.684. The minimum atomic E-state index is -0.510.